The van der Waals surface area contributed by atoms with Crippen molar-refractivity contribution in [2.45, 2.75) is 30.7 Å². The van der Waals surface area contributed by atoms with Crippen LogP contribution >= 0.6 is 15.9 Å². The second kappa shape index (κ2) is 8.99. The number of anilines is 1. The zero-order valence-electron chi connectivity index (χ0n) is 17.1. The number of carbonyl (C=O) groups excluding carboxylic acids is 2. The number of sulfonamides is 1. The van der Waals surface area contributed by atoms with Gasteiger partial charge < -0.3 is 5.32 Å². The number of hydrogen-bond acceptors (Lipinski definition) is 5. The van der Waals surface area contributed by atoms with Gasteiger partial charge in [0.25, 0.3) is 10.0 Å². The molecule has 1 heterocycles. The van der Waals surface area contributed by atoms with Crippen LogP contribution in [0.5, 0.6) is 0 Å². The van der Waals surface area contributed by atoms with E-state index in [1.54, 1.807) is 24.3 Å². The van der Waals surface area contributed by atoms with Gasteiger partial charge in [-0.1, -0.05) is 40.9 Å². The molecule has 0 spiro atoms. The first kappa shape index (κ1) is 22.6. The molecule has 1 saturated carbocycles. The third kappa shape index (κ3) is 4.50. The van der Waals surface area contributed by atoms with Gasteiger partial charge in [0.15, 0.2) is 10.8 Å². The fourth-order valence-electron chi connectivity index (χ4n) is 3.80. The van der Waals surface area contributed by atoms with Gasteiger partial charge in [-0.15, -0.1) is 0 Å². The van der Waals surface area contributed by atoms with Gasteiger partial charge >= 0.3 is 0 Å². The molecular formula is C20H25BrN4O4S. The number of nitrogens with one attached hydrogen (secondary N) is 1. The van der Waals surface area contributed by atoms with Gasteiger partial charge in [-0.3, -0.25) is 14.3 Å². The van der Waals surface area contributed by atoms with Gasteiger partial charge in [0.05, 0.1) is 6.20 Å². The molecule has 8 nitrogen and oxygen atoms in total. The highest BCUT2D eigenvalue weighted by molar-refractivity contribution is 9.10. The molecule has 0 radical (unpaired) electrons. The molecule has 2 aromatic rings. The van der Waals surface area contributed by atoms with Crippen molar-refractivity contribution < 1.29 is 18.0 Å². The van der Waals surface area contributed by atoms with Crippen LogP contribution in [0.2, 0.25) is 0 Å². The van der Waals surface area contributed by atoms with Crippen molar-refractivity contribution in [3.63, 3.8) is 0 Å². The summed E-state index contributed by atoms with van der Waals surface area (Å²) in [5, 5.41) is 6.63. The highest BCUT2D eigenvalue weighted by atomic mass is 79.9. The molecule has 10 heteroatoms. The Morgan fingerprint density at radius 2 is 1.73 bits per heavy atom. The SMILES string of the molecule is CN(C)S(=O)(=O)c1c(NC(=O)[C@@H]2CCCC[C@H]2C(=O)c2ccc(Br)cc2)cnn1C. The van der Waals surface area contributed by atoms with Gasteiger partial charge in [-0.2, -0.15) is 5.10 Å². The molecule has 1 N–H and O–H groups in total. The summed E-state index contributed by atoms with van der Waals surface area (Å²) in [6.07, 6.45) is 4.25. The first-order valence-electron chi connectivity index (χ1n) is 9.68. The van der Waals surface area contributed by atoms with Gasteiger partial charge in [-0.25, -0.2) is 12.7 Å². The number of rotatable bonds is 6. The number of carbonyl (C=O) groups is 2. The Balaban J connectivity index is 1.85. The number of aromatic nitrogens is 2. The van der Waals surface area contributed by atoms with E-state index in [1.165, 1.54) is 32.0 Å². The standard InChI is InChI=1S/C20H25BrN4O4S/c1-24(2)30(28,29)20-17(12-22-25(20)3)23-19(27)16-7-5-4-6-15(16)18(26)13-8-10-14(21)11-9-13/h8-12,15-16H,4-7H2,1-3H3,(H,23,27)/t15-,16-/m1/s1. The van der Waals surface area contributed by atoms with Gasteiger partial charge in [0.2, 0.25) is 5.91 Å². The lowest BCUT2D eigenvalue weighted by Crippen LogP contribution is -2.36. The molecule has 1 fully saturated rings. The molecule has 162 valence electrons. The van der Waals surface area contributed by atoms with Crippen molar-refractivity contribution >= 4 is 43.3 Å². The molecule has 1 aromatic carbocycles. The summed E-state index contributed by atoms with van der Waals surface area (Å²) in [4.78, 5) is 26.2. The lowest BCUT2D eigenvalue weighted by Gasteiger charge is -2.29. The molecule has 0 saturated heterocycles. The Kier molecular flexibility index (Phi) is 6.78. The summed E-state index contributed by atoms with van der Waals surface area (Å²) in [5.41, 5.74) is 0.691. The van der Waals surface area contributed by atoms with Crippen molar-refractivity contribution in [1.82, 2.24) is 14.1 Å². The van der Waals surface area contributed by atoms with E-state index >= 15 is 0 Å². The Labute approximate surface area is 184 Å². The monoisotopic (exact) mass is 496 g/mol. The summed E-state index contributed by atoms with van der Waals surface area (Å²) < 4.78 is 28.4. The predicted molar refractivity (Wildman–Crippen MR) is 117 cm³/mol. The van der Waals surface area contributed by atoms with E-state index in [4.69, 9.17) is 0 Å². The van der Waals surface area contributed by atoms with Crippen LogP contribution in [0.3, 0.4) is 0 Å². The van der Waals surface area contributed by atoms with E-state index in [0.717, 1.165) is 21.6 Å². The second-order valence-electron chi connectivity index (χ2n) is 7.63. The zero-order valence-corrected chi connectivity index (χ0v) is 19.5. The van der Waals surface area contributed by atoms with Crippen LogP contribution in [0.15, 0.2) is 40.0 Å². The van der Waals surface area contributed by atoms with Crippen LogP contribution in [0.25, 0.3) is 0 Å². The Morgan fingerprint density at radius 1 is 1.13 bits per heavy atom. The van der Waals surface area contributed by atoms with Crippen LogP contribution < -0.4 is 5.32 Å². The van der Waals surface area contributed by atoms with Crippen LogP contribution in [0.4, 0.5) is 5.69 Å². The van der Waals surface area contributed by atoms with Crippen molar-refractivity contribution in [1.29, 1.82) is 0 Å². The van der Waals surface area contributed by atoms with Crippen molar-refractivity contribution in [3.05, 3.63) is 40.5 Å². The maximum absolute atomic E-state index is 13.1. The molecule has 3 rings (SSSR count). The van der Waals surface area contributed by atoms with E-state index in [1.807, 2.05) is 0 Å². The lowest BCUT2D eigenvalue weighted by atomic mass is 9.75. The van der Waals surface area contributed by atoms with Gasteiger partial charge in [0, 0.05) is 43.0 Å². The molecule has 1 aromatic heterocycles. The first-order chi connectivity index (χ1) is 14.1. The van der Waals surface area contributed by atoms with Crippen LogP contribution in [0, 0.1) is 11.8 Å². The summed E-state index contributed by atoms with van der Waals surface area (Å²) in [6.45, 7) is 0. The van der Waals surface area contributed by atoms with Gasteiger partial charge in [0.1, 0.15) is 5.69 Å². The number of Topliss-reactive ketones (excluding diaryl/α,β-unsaturated/α-hetero) is 1. The normalized spacial score (nSPS) is 19.6. The molecule has 1 aliphatic carbocycles. The third-order valence-corrected chi connectivity index (χ3v) is 7.90. The Morgan fingerprint density at radius 3 is 2.33 bits per heavy atom. The highest BCUT2D eigenvalue weighted by Gasteiger charge is 2.37. The molecule has 0 unspecified atom stereocenters. The lowest BCUT2D eigenvalue weighted by molar-refractivity contribution is -0.122. The summed E-state index contributed by atoms with van der Waals surface area (Å²) in [7, 11) is 0.543. The molecule has 0 aliphatic heterocycles. The Hall–Kier alpha value is -2.04. The van der Waals surface area contributed by atoms with Crippen molar-refractivity contribution in [3.8, 4) is 0 Å². The fraction of sp³-hybridized carbons (Fsp3) is 0.450. The maximum atomic E-state index is 13.1. The van der Waals surface area contributed by atoms with Crippen LogP contribution in [0.1, 0.15) is 36.0 Å². The van der Waals surface area contributed by atoms with E-state index in [-0.39, 0.29) is 22.4 Å². The van der Waals surface area contributed by atoms with E-state index in [9.17, 15) is 18.0 Å². The van der Waals surface area contributed by atoms with E-state index in [2.05, 4.69) is 26.3 Å². The summed E-state index contributed by atoms with van der Waals surface area (Å²) >= 11 is 3.36. The molecule has 0 bridgehead atoms. The fourth-order valence-corrected chi connectivity index (χ4v) is 5.18. The molecule has 2 atom stereocenters. The van der Waals surface area contributed by atoms with Crippen molar-refractivity contribution in [2.24, 2.45) is 18.9 Å². The summed E-state index contributed by atoms with van der Waals surface area (Å²) in [5.74, 6) is -1.38. The number of halogens is 1. The third-order valence-electron chi connectivity index (χ3n) is 5.44. The summed E-state index contributed by atoms with van der Waals surface area (Å²) in [6, 6.07) is 7.11. The van der Waals surface area contributed by atoms with E-state index < -0.39 is 21.9 Å². The Bertz CT molecular complexity index is 1050. The number of ketones is 1. The average molecular weight is 497 g/mol. The average Bonchev–Trinajstić information content (AvgIpc) is 3.08. The van der Waals surface area contributed by atoms with Crippen molar-refractivity contribution in [2.75, 3.05) is 19.4 Å². The van der Waals surface area contributed by atoms with Gasteiger partial charge in [-0.05, 0) is 25.0 Å². The number of aryl methyl sites for hydroxylation is 1. The van der Waals surface area contributed by atoms with Crippen LogP contribution in [-0.4, -0.2) is 48.3 Å². The number of amides is 1. The smallest absolute Gasteiger partial charge is 0.261 e. The minimum atomic E-state index is -3.80. The second-order valence-corrected chi connectivity index (χ2v) is 10.6. The quantitative estimate of drug-likeness (QED) is 0.619. The number of hydrogen-bond donors (Lipinski definition) is 1. The van der Waals surface area contributed by atoms with E-state index in [0.29, 0.717) is 18.4 Å². The van der Waals surface area contributed by atoms with Crippen LogP contribution in [-0.2, 0) is 21.9 Å². The molecule has 30 heavy (non-hydrogen) atoms. The number of nitrogens with zero attached hydrogens (tertiary/aromatic N) is 3. The molecule has 1 amide bonds. The highest BCUT2D eigenvalue weighted by Crippen LogP contribution is 2.34. The predicted octanol–water partition coefficient (Wildman–Crippen LogP) is 3.06. The molecular weight excluding hydrogens is 472 g/mol. The molecule has 1 aliphatic rings. The topological polar surface area (TPSA) is 101 Å². The maximum Gasteiger partial charge on any atom is 0.261 e. The number of benzene rings is 1. The largest absolute Gasteiger partial charge is 0.322 e. The first-order valence-corrected chi connectivity index (χ1v) is 11.9. The minimum absolute atomic E-state index is 0.0605. The zero-order chi connectivity index (χ0) is 22.1. The minimum Gasteiger partial charge on any atom is -0.322 e.